The van der Waals surface area contributed by atoms with Gasteiger partial charge in [0.1, 0.15) is 0 Å². The molecule has 0 radical (unpaired) electrons. The second kappa shape index (κ2) is 7.83. The maximum absolute atomic E-state index is 2.40. The molecule has 0 bridgehead atoms. The number of benzene rings is 3. The Morgan fingerprint density at radius 2 is 0.955 bits per heavy atom. The highest BCUT2D eigenvalue weighted by Gasteiger charge is 2.09. The molecule has 0 saturated carbocycles. The van der Waals surface area contributed by atoms with Gasteiger partial charge in [0.15, 0.2) is 0 Å². The average molecular weight is 305 g/mol. The lowest BCUT2D eigenvalue weighted by molar-refractivity contribution is 0.462. The minimum atomic E-state index is 0.926. The summed E-state index contributed by atoms with van der Waals surface area (Å²) in [5, 5.41) is 0. The standard InChI is InChI=1S/C20H19NS/c1-4-10-18(11-5-1)16-21(17-19-12-6-2-7-13-19)22-20-14-8-3-9-15-20/h1-15H,16-17H2. The monoisotopic (exact) mass is 305 g/mol. The first-order valence-corrected chi connectivity index (χ1v) is 8.23. The van der Waals surface area contributed by atoms with Crippen molar-refractivity contribution < 1.29 is 0 Å². The van der Waals surface area contributed by atoms with E-state index in [0.717, 1.165) is 13.1 Å². The molecule has 0 aliphatic rings. The Labute approximate surface area is 136 Å². The van der Waals surface area contributed by atoms with Crippen LogP contribution in [0.5, 0.6) is 0 Å². The van der Waals surface area contributed by atoms with E-state index in [2.05, 4.69) is 95.3 Å². The molecule has 0 saturated heterocycles. The fourth-order valence-corrected chi connectivity index (χ4v) is 3.33. The van der Waals surface area contributed by atoms with Crippen LogP contribution in [0.25, 0.3) is 0 Å². The lowest BCUT2D eigenvalue weighted by Crippen LogP contribution is -2.14. The molecule has 0 amide bonds. The largest absolute Gasteiger partial charge is 0.238 e. The molecule has 0 aliphatic carbocycles. The van der Waals surface area contributed by atoms with Gasteiger partial charge in [-0.1, -0.05) is 78.9 Å². The molecule has 0 heterocycles. The third kappa shape index (κ3) is 4.48. The quantitative estimate of drug-likeness (QED) is 0.561. The van der Waals surface area contributed by atoms with E-state index in [0.29, 0.717) is 0 Å². The van der Waals surface area contributed by atoms with Gasteiger partial charge >= 0.3 is 0 Å². The van der Waals surface area contributed by atoms with Gasteiger partial charge in [-0.25, -0.2) is 4.31 Å². The summed E-state index contributed by atoms with van der Waals surface area (Å²) in [6.07, 6.45) is 0. The number of rotatable bonds is 6. The fourth-order valence-electron chi connectivity index (χ4n) is 2.32. The van der Waals surface area contributed by atoms with Crippen molar-refractivity contribution in [2.45, 2.75) is 18.0 Å². The zero-order chi connectivity index (χ0) is 15.0. The fraction of sp³-hybridized carbons (Fsp3) is 0.100. The zero-order valence-corrected chi connectivity index (χ0v) is 13.2. The number of hydrogen-bond acceptors (Lipinski definition) is 2. The number of nitrogens with zero attached hydrogens (tertiary/aromatic N) is 1. The third-order valence-electron chi connectivity index (χ3n) is 3.38. The highest BCUT2D eigenvalue weighted by molar-refractivity contribution is 7.97. The van der Waals surface area contributed by atoms with E-state index in [1.165, 1.54) is 16.0 Å². The highest BCUT2D eigenvalue weighted by atomic mass is 32.2. The van der Waals surface area contributed by atoms with E-state index in [-0.39, 0.29) is 0 Å². The van der Waals surface area contributed by atoms with Crippen molar-refractivity contribution in [2.24, 2.45) is 0 Å². The molecule has 0 N–H and O–H groups in total. The highest BCUT2D eigenvalue weighted by Crippen LogP contribution is 2.26. The van der Waals surface area contributed by atoms with Crippen molar-refractivity contribution in [3.63, 3.8) is 0 Å². The Morgan fingerprint density at radius 1 is 0.545 bits per heavy atom. The van der Waals surface area contributed by atoms with Gasteiger partial charge < -0.3 is 0 Å². The minimum Gasteiger partial charge on any atom is -0.238 e. The van der Waals surface area contributed by atoms with Gasteiger partial charge in [0.05, 0.1) is 0 Å². The molecule has 0 spiro atoms. The summed E-state index contributed by atoms with van der Waals surface area (Å²) in [6.45, 7) is 1.85. The number of hydrogen-bond donors (Lipinski definition) is 0. The van der Waals surface area contributed by atoms with Crippen molar-refractivity contribution in [1.29, 1.82) is 0 Å². The van der Waals surface area contributed by atoms with E-state index in [1.54, 1.807) is 0 Å². The van der Waals surface area contributed by atoms with E-state index in [1.807, 2.05) is 11.9 Å². The molecule has 0 aliphatic heterocycles. The maximum atomic E-state index is 2.40. The summed E-state index contributed by atoms with van der Waals surface area (Å²) in [6, 6.07) is 31.8. The maximum Gasteiger partial charge on any atom is 0.0347 e. The SMILES string of the molecule is c1ccc(CN(Cc2ccccc2)Sc2ccccc2)cc1. The van der Waals surface area contributed by atoms with Crippen LogP contribution in [0.1, 0.15) is 11.1 Å². The van der Waals surface area contributed by atoms with Crippen LogP contribution in [0, 0.1) is 0 Å². The van der Waals surface area contributed by atoms with Crippen molar-refractivity contribution in [3.05, 3.63) is 102 Å². The van der Waals surface area contributed by atoms with Gasteiger partial charge in [-0.05, 0) is 35.2 Å². The zero-order valence-electron chi connectivity index (χ0n) is 12.4. The van der Waals surface area contributed by atoms with E-state index in [9.17, 15) is 0 Å². The summed E-state index contributed by atoms with van der Waals surface area (Å²) >= 11 is 1.81. The summed E-state index contributed by atoms with van der Waals surface area (Å²) in [7, 11) is 0. The van der Waals surface area contributed by atoms with Crippen molar-refractivity contribution in [1.82, 2.24) is 4.31 Å². The van der Waals surface area contributed by atoms with Crippen LogP contribution in [-0.4, -0.2) is 4.31 Å². The topological polar surface area (TPSA) is 3.24 Å². The Hall–Kier alpha value is -2.03. The van der Waals surface area contributed by atoms with Crippen LogP contribution in [0.3, 0.4) is 0 Å². The lowest BCUT2D eigenvalue weighted by atomic mass is 10.2. The van der Waals surface area contributed by atoms with Crippen LogP contribution >= 0.6 is 11.9 Å². The molecular weight excluding hydrogens is 286 g/mol. The van der Waals surface area contributed by atoms with Gasteiger partial charge in [-0.3, -0.25) is 0 Å². The second-order valence-electron chi connectivity index (χ2n) is 5.17. The third-order valence-corrected chi connectivity index (χ3v) is 4.38. The molecule has 0 aromatic heterocycles. The van der Waals surface area contributed by atoms with E-state index >= 15 is 0 Å². The van der Waals surface area contributed by atoms with E-state index < -0.39 is 0 Å². The molecule has 1 nitrogen and oxygen atoms in total. The summed E-state index contributed by atoms with van der Waals surface area (Å²) < 4.78 is 2.40. The van der Waals surface area contributed by atoms with Gasteiger partial charge in [0, 0.05) is 18.0 Å². The normalized spacial score (nSPS) is 10.8. The molecule has 22 heavy (non-hydrogen) atoms. The van der Waals surface area contributed by atoms with Crippen molar-refractivity contribution >= 4 is 11.9 Å². The van der Waals surface area contributed by atoms with Crippen LogP contribution in [0.15, 0.2) is 95.9 Å². The first kappa shape index (κ1) is 14.9. The molecule has 2 heteroatoms. The molecule has 3 aromatic carbocycles. The Morgan fingerprint density at radius 3 is 1.41 bits per heavy atom. The Balaban J connectivity index is 1.75. The van der Waals surface area contributed by atoms with Crippen molar-refractivity contribution in [3.8, 4) is 0 Å². The molecular formula is C20H19NS. The molecule has 0 atom stereocenters. The first-order chi connectivity index (χ1) is 10.9. The van der Waals surface area contributed by atoms with Gasteiger partial charge in [-0.15, -0.1) is 0 Å². The van der Waals surface area contributed by atoms with Crippen LogP contribution in [-0.2, 0) is 13.1 Å². The van der Waals surface area contributed by atoms with Crippen LogP contribution in [0.2, 0.25) is 0 Å². The van der Waals surface area contributed by atoms with Crippen LogP contribution in [0.4, 0.5) is 0 Å². The molecule has 0 fully saturated rings. The molecule has 110 valence electrons. The predicted molar refractivity (Wildman–Crippen MR) is 94.4 cm³/mol. The summed E-state index contributed by atoms with van der Waals surface area (Å²) in [4.78, 5) is 1.27. The van der Waals surface area contributed by atoms with E-state index in [4.69, 9.17) is 0 Å². The molecule has 3 aromatic rings. The first-order valence-electron chi connectivity index (χ1n) is 7.46. The van der Waals surface area contributed by atoms with Crippen molar-refractivity contribution in [2.75, 3.05) is 0 Å². The Kier molecular flexibility index (Phi) is 5.30. The van der Waals surface area contributed by atoms with Gasteiger partial charge in [-0.2, -0.15) is 0 Å². The molecule has 0 unspecified atom stereocenters. The second-order valence-corrected chi connectivity index (χ2v) is 6.34. The predicted octanol–water partition coefficient (Wildman–Crippen LogP) is 5.40. The minimum absolute atomic E-state index is 0.926. The molecule has 3 rings (SSSR count). The van der Waals surface area contributed by atoms with Gasteiger partial charge in [0.2, 0.25) is 0 Å². The van der Waals surface area contributed by atoms with Gasteiger partial charge in [0.25, 0.3) is 0 Å². The Bertz CT molecular complexity index is 569. The average Bonchev–Trinajstić information content (AvgIpc) is 2.57. The van der Waals surface area contributed by atoms with Crippen LogP contribution < -0.4 is 0 Å². The summed E-state index contributed by atoms with van der Waals surface area (Å²) in [5.74, 6) is 0. The smallest absolute Gasteiger partial charge is 0.0347 e. The lowest BCUT2D eigenvalue weighted by Gasteiger charge is -2.21. The summed E-state index contributed by atoms with van der Waals surface area (Å²) in [5.41, 5.74) is 2.67.